The molecule has 3 N–H and O–H groups in total. The van der Waals surface area contributed by atoms with Crippen LogP contribution in [0, 0.1) is 5.92 Å². The van der Waals surface area contributed by atoms with Crippen LogP contribution in [-0.2, 0) is 6.42 Å². The monoisotopic (exact) mass is 274 g/mol. The van der Waals surface area contributed by atoms with Gasteiger partial charge in [-0.05, 0) is 24.3 Å². The third-order valence-electron chi connectivity index (χ3n) is 2.91. The summed E-state index contributed by atoms with van der Waals surface area (Å²) in [6, 6.07) is 12.6. The van der Waals surface area contributed by atoms with Gasteiger partial charge in [0.05, 0.1) is 6.26 Å². The predicted molar refractivity (Wildman–Crippen MR) is 76.5 cm³/mol. The summed E-state index contributed by atoms with van der Waals surface area (Å²) in [5.41, 5.74) is 0.733. The molecule has 5 nitrogen and oxygen atoms in total. The Labute approximate surface area is 117 Å². The Kier molecular flexibility index (Phi) is 5.20. The number of aliphatic hydroxyl groups excluding tert-OH is 1. The molecule has 20 heavy (non-hydrogen) atoms. The maximum absolute atomic E-state index is 11.7. The van der Waals surface area contributed by atoms with Crippen LogP contribution in [0.3, 0.4) is 0 Å². The van der Waals surface area contributed by atoms with Crippen LogP contribution in [0.15, 0.2) is 53.1 Å². The molecule has 0 spiro atoms. The first-order valence-corrected chi connectivity index (χ1v) is 6.51. The third-order valence-corrected chi connectivity index (χ3v) is 2.91. The van der Waals surface area contributed by atoms with Gasteiger partial charge < -0.3 is 20.2 Å². The molecule has 1 heterocycles. The van der Waals surface area contributed by atoms with E-state index in [0.717, 1.165) is 11.4 Å². The van der Waals surface area contributed by atoms with Gasteiger partial charge in [0.1, 0.15) is 5.76 Å². The molecule has 1 aromatic carbocycles. The molecule has 0 saturated carbocycles. The van der Waals surface area contributed by atoms with Crippen LogP contribution < -0.4 is 10.6 Å². The summed E-state index contributed by atoms with van der Waals surface area (Å²) in [7, 11) is 0. The molecule has 0 aliphatic heterocycles. The second-order valence-electron chi connectivity index (χ2n) is 4.53. The lowest BCUT2D eigenvalue weighted by atomic mass is 10.1. The summed E-state index contributed by atoms with van der Waals surface area (Å²) >= 11 is 0. The van der Waals surface area contributed by atoms with E-state index in [0.29, 0.717) is 13.0 Å². The van der Waals surface area contributed by atoms with Gasteiger partial charge in [-0.25, -0.2) is 4.79 Å². The molecule has 2 aromatic rings. The number of carbonyl (C=O) groups excluding carboxylic acids is 1. The van der Waals surface area contributed by atoms with E-state index < -0.39 is 0 Å². The zero-order chi connectivity index (χ0) is 14.2. The number of urea groups is 1. The van der Waals surface area contributed by atoms with Crippen LogP contribution in [0.1, 0.15) is 5.76 Å². The molecule has 106 valence electrons. The number of hydrogen-bond donors (Lipinski definition) is 3. The molecule has 0 radical (unpaired) electrons. The molecule has 5 heteroatoms. The molecule has 0 saturated heterocycles. The Morgan fingerprint density at radius 1 is 1.20 bits per heavy atom. The minimum atomic E-state index is -0.283. The lowest BCUT2D eigenvalue weighted by Gasteiger charge is -2.14. The SMILES string of the molecule is O=C(NCC(CO)Cc1ccco1)Nc1ccccc1. The first-order valence-electron chi connectivity index (χ1n) is 6.51. The summed E-state index contributed by atoms with van der Waals surface area (Å²) in [5, 5.41) is 14.8. The Morgan fingerprint density at radius 2 is 2.00 bits per heavy atom. The average molecular weight is 274 g/mol. The van der Waals surface area contributed by atoms with Crippen LogP contribution in [0.25, 0.3) is 0 Å². The van der Waals surface area contributed by atoms with Crippen molar-refractivity contribution >= 4 is 11.7 Å². The van der Waals surface area contributed by atoms with Crippen molar-refractivity contribution in [2.45, 2.75) is 6.42 Å². The van der Waals surface area contributed by atoms with E-state index in [4.69, 9.17) is 4.42 Å². The van der Waals surface area contributed by atoms with Gasteiger partial charge in [-0.1, -0.05) is 18.2 Å². The Bertz CT molecular complexity index is 511. The van der Waals surface area contributed by atoms with E-state index in [2.05, 4.69) is 10.6 Å². The molecule has 0 bridgehead atoms. The Balaban J connectivity index is 1.76. The Hall–Kier alpha value is -2.27. The van der Waals surface area contributed by atoms with E-state index in [1.807, 2.05) is 36.4 Å². The first-order chi connectivity index (χ1) is 9.78. The fourth-order valence-corrected chi connectivity index (χ4v) is 1.85. The largest absolute Gasteiger partial charge is 0.469 e. The maximum Gasteiger partial charge on any atom is 0.319 e. The van der Waals surface area contributed by atoms with Gasteiger partial charge >= 0.3 is 6.03 Å². The molecular formula is C15H18N2O3. The zero-order valence-corrected chi connectivity index (χ0v) is 11.1. The summed E-state index contributed by atoms with van der Waals surface area (Å²) in [6.07, 6.45) is 2.19. The zero-order valence-electron chi connectivity index (χ0n) is 11.1. The van der Waals surface area contributed by atoms with Crippen molar-refractivity contribution < 1.29 is 14.3 Å². The fourth-order valence-electron chi connectivity index (χ4n) is 1.85. The number of aliphatic hydroxyl groups is 1. The van der Waals surface area contributed by atoms with Crippen LogP contribution in [0.4, 0.5) is 10.5 Å². The molecule has 0 aliphatic carbocycles. The number of rotatable bonds is 6. The van der Waals surface area contributed by atoms with Gasteiger partial charge in [0.15, 0.2) is 0 Å². The standard InChI is InChI=1S/C15H18N2O3/c18-11-12(9-14-7-4-8-20-14)10-16-15(19)17-13-5-2-1-3-6-13/h1-8,12,18H,9-11H2,(H2,16,17,19). The lowest BCUT2D eigenvalue weighted by molar-refractivity contribution is 0.213. The smallest absolute Gasteiger partial charge is 0.319 e. The molecule has 2 amide bonds. The number of furan rings is 1. The molecule has 2 rings (SSSR count). The average Bonchev–Trinajstić information content (AvgIpc) is 2.97. The van der Waals surface area contributed by atoms with Crippen molar-refractivity contribution in [2.24, 2.45) is 5.92 Å². The molecule has 1 atom stereocenters. The number of benzene rings is 1. The lowest BCUT2D eigenvalue weighted by Crippen LogP contribution is -2.34. The number of para-hydroxylation sites is 1. The molecular weight excluding hydrogens is 256 g/mol. The second-order valence-corrected chi connectivity index (χ2v) is 4.53. The van der Waals surface area contributed by atoms with Gasteiger partial charge in [0, 0.05) is 31.2 Å². The first kappa shape index (κ1) is 14.1. The number of nitrogens with one attached hydrogen (secondary N) is 2. The summed E-state index contributed by atoms with van der Waals surface area (Å²) in [4.78, 5) is 11.7. The highest BCUT2D eigenvalue weighted by Gasteiger charge is 2.12. The van der Waals surface area contributed by atoms with Crippen molar-refractivity contribution in [2.75, 3.05) is 18.5 Å². The van der Waals surface area contributed by atoms with Crippen molar-refractivity contribution in [3.63, 3.8) is 0 Å². The number of amides is 2. The maximum atomic E-state index is 11.7. The van der Waals surface area contributed by atoms with E-state index in [1.165, 1.54) is 0 Å². The van der Waals surface area contributed by atoms with Gasteiger partial charge in [-0.2, -0.15) is 0 Å². The third kappa shape index (κ3) is 4.44. The summed E-state index contributed by atoms with van der Waals surface area (Å²) < 4.78 is 5.23. The van der Waals surface area contributed by atoms with E-state index in [9.17, 15) is 9.90 Å². The van der Waals surface area contributed by atoms with E-state index in [1.54, 1.807) is 12.3 Å². The predicted octanol–water partition coefficient (Wildman–Crippen LogP) is 2.25. The van der Waals surface area contributed by atoms with Crippen molar-refractivity contribution in [3.05, 3.63) is 54.5 Å². The van der Waals surface area contributed by atoms with Gasteiger partial charge in [0.25, 0.3) is 0 Å². The number of hydrogen-bond acceptors (Lipinski definition) is 3. The molecule has 1 aromatic heterocycles. The highest BCUT2D eigenvalue weighted by Crippen LogP contribution is 2.09. The van der Waals surface area contributed by atoms with E-state index >= 15 is 0 Å². The Morgan fingerprint density at radius 3 is 2.65 bits per heavy atom. The second kappa shape index (κ2) is 7.35. The van der Waals surface area contributed by atoms with Gasteiger partial charge in [-0.15, -0.1) is 0 Å². The summed E-state index contributed by atoms with van der Waals surface area (Å²) in [5.74, 6) is 0.733. The number of anilines is 1. The van der Waals surface area contributed by atoms with Crippen molar-refractivity contribution in [3.8, 4) is 0 Å². The number of carbonyl (C=O) groups is 1. The topological polar surface area (TPSA) is 74.5 Å². The highest BCUT2D eigenvalue weighted by molar-refractivity contribution is 5.89. The molecule has 0 fully saturated rings. The fraction of sp³-hybridized carbons (Fsp3) is 0.267. The minimum absolute atomic E-state index is 0.00762. The van der Waals surface area contributed by atoms with Crippen LogP contribution >= 0.6 is 0 Å². The van der Waals surface area contributed by atoms with Crippen molar-refractivity contribution in [1.29, 1.82) is 0 Å². The van der Waals surface area contributed by atoms with Gasteiger partial charge in [-0.3, -0.25) is 0 Å². The van der Waals surface area contributed by atoms with Crippen LogP contribution in [0.2, 0.25) is 0 Å². The molecule has 1 unspecified atom stereocenters. The summed E-state index contributed by atoms with van der Waals surface area (Å²) in [6.45, 7) is 0.377. The van der Waals surface area contributed by atoms with Gasteiger partial charge in [0.2, 0.25) is 0 Å². The normalized spacial score (nSPS) is 11.8. The minimum Gasteiger partial charge on any atom is -0.469 e. The molecule has 0 aliphatic rings. The van der Waals surface area contributed by atoms with E-state index in [-0.39, 0.29) is 18.6 Å². The van der Waals surface area contributed by atoms with Crippen molar-refractivity contribution in [1.82, 2.24) is 5.32 Å². The quantitative estimate of drug-likeness (QED) is 0.756. The highest BCUT2D eigenvalue weighted by atomic mass is 16.3. The van der Waals surface area contributed by atoms with Crippen LogP contribution in [-0.4, -0.2) is 24.3 Å². The van der Waals surface area contributed by atoms with Crippen LogP contribution in [0.5, 0.6) is 0 Å².